The van der Waals surface area contributed by atoms with Gasteiger partial charge in [-0.2, -0.15) is 0 Å². The van der Waals surface area contributed by atoms with Crippen LogP contribution in [0.5, 0.6) is 0 Å². The van der Waals surface area contributed by atoms with Crippen molar-refractivity contribution < 1.29 is 4.79 Å². The van der Waals surface area contributed by atoms with E-state index in [4.69, 9.17) is 5.73 Å². The molecule has 1 amide bonds. The van der Waals surface area contributed by atoms with Gasteiger partial charge in [0.25, 0.3) is 0 Å². The molecular weight excluding hydrogens is 332 g/mol. The number of carbonyl (C=O) groups excluding carboxylic acids is 1. The summed E-state index contributed by atoms with van der Waals surface area (Å²) in [6.45, 7) is 0.843. The lowest BCUT2D eigenvalue weighted by atomic mass is 9.75. The maximum atomic E-state index is 11.9. The van der Waals surface area contributed by atoms with Gasteiger partial charge in [0.15, 0.2) is 0 Å². The van der Waals surface area contributed by atoms with Crippen LogP contribution < -0.4 is 5.73 Å². The van der Waals surface area contributed by atoms with Gasteiger partial charge in [0.05, 0.1) is 0 Å². The minimum atomic E-state index is -0.189. The molecule has 0 radical (unpaired) electrons. The molecule has 1 aromatic heterocycles. The Bertz CT molecular complexity index is 907. The third-order valence-corrected chi connectivity index (χ3v) is 6.05. The van der Waals surface area contributed by atoms with Crippen molar-refractivity contribution in [3.63, 3.8) is 0 Å². The Kier molecular flexibility index (Phi) is 5.28. The average Bonchev–Trinajstić information content (AvgIpc) is 3.06. The molecule has 1 fully saturated rings. The number of benzene rings is 2. The second-order valence-corrected chi connectivity index (χ2v) is 7.89. The van der Waals surface area contributed by atoms with Crippen molar-refractivity contribution in [1.29, 1.82) is 0 Å². The molecule has 2 aromatic carbocycles. The van der Waals surface area contributed by atoms with Crippen LogP contribution in [-0.2, 0) is 11.3 Å². The second kappa shape index (κ2) is 7.99. The first-order valence-corrected chi connectivity index (χ1v) is 10.1. The van der Waals surface area contributed by atoms with Crippen LogP contribution in [0.25, 0.3) is 10.9 Å². The lowest BCUT2D eigenvalue weighted by Gasteiger charge is -2.29. The molecule has 1 aliphatic rings. The van der Waals surface area contributed by atoms with Gasteiger partial charge < -0.3 is 10.3 Å². The van der Waals surface area contributed by atoms with Crippen molar-refractivity contribution in [2.45, 2.75) is 51.0 Å². The first-order chi connectivity index (χ1) is 13.2. The molecule has 27 heavy (non-hydrogen) atoms. The van der Waals surface area contributed by atoms with Gasteiger partial charge in [0.1, 0.15) is 0 Å². The van der Waals surface area contributed by atoms with E-state index in [1.165, 1.54) is 54.1 Å². The van der Waals surface area contributed by atoms with Crippen molar-refractivity contribution in [3.05, 3.63) is 71.9 Å². The molecule has 0 aliphatic heterocycles. The van der Waals surface area contributed by atoms with Crippen molar-refractivity contribution in [1.82, 2.24) is 4.57 Å². The smallest absolute Gasteiger partial charge is 0.218 e. The van der Waals surface area contributed by atoms with Gasteiger partial charge in [-0.05, 0) is 41.9 Å². The zero-order valence-corrected chi connectivity index (χ0v) is 15.8. The SMILES string of the molecule is NC(=O)C[C@H](c1cn(Cc2ccccc2)c2ccccc12)C1CCCCC1. The third kappa shape index (κ3) is 3.92. The summed E-state index contributed by atoms with van der Waals surface area (Å²) in [6, 6.07) is 19.1. The molecular formula is C24H28N2O. The fraction of sp³-hybridized carbons (Fsp3) is 0.375. The minimum Gasteiger partial charge on any atom is -0.370 e. The van der Waals surface area contributed by atoms with Crippen LogP contribution in [0.3, 0.4) is 0 Å². The Morgan fingerprint density at radius 3 is 2.44 bits per heavy atom. The molecule has 2 N–H and O–H groups in total. The summed E-state index contributed by atoms with van der Waals surface area (Å²) >= 11 is 0. The van der Waals surface area contributed by atoms with Crippen molar-refractivity contribution in [2.75, 3.05) is 0 Å². The van der Waals surface area contributed by atoms with Crippen molar-refractivity contribution in [2.24, 2.45) is 11.7 Å². The Balaban J connectivity index is 1.75. The van der Waals surface area contributed by atoms with Crippen LogP contribution >= 0.6 is 0 Å². The van der Waals surface area contributed by atoms with Gasteiger partial charge in [-0.25, -0.2) is 0 Å². The van der Waals surface area contributed by atoms with Crippen molar-refractivity contribution >= 4 is 16.8 Å². The predicted octanol–water partition coefficient (Wildman–Crippen LogP) is 5.23. The van der Waals surface area contributed by atoms with Crippen LogP contribution in [0.2, 0.25) is 0 Å². The Hall–Kier alpha value is -2.55. The van der Waals surface area contributed by atoms with E-state index in [-0.39, 0.29) is 11.8 Å². The van der Waals surface area contributed by atoms with Crippen LogP contribution in [0.1, 0.15) is 55.6 Å². The maximum absolute atomic E-state index is 11.9. The highest BCUT2D eigenvalue weighted by Gasteiger charge is 2.29. The van der Waals surface area contributed by atoms with Crippen LogP contribution in [-0.4, -0.2) is 10.5 Å². The number of aromatic nitrogens is 1. The van der Waals surface area contributed by atoms with E-state index < -0.39 is 0 Å². The molecule has 4 rings (SSSR count). The largest absolute Gasteiger partial charge is 0.370 e. The Labute approximate surface area is 161 Å². The first kappa shape index (κ1) is 17.8. The Morgan fingerprint density at radius 1 is 1.00 bits per heavy atom. The van der Waals surface area contributed by atoms with E-state index in [1.54, 1.807) is 0 Å². The number of carbonyl (C=O) groups is 1. The van der Waals surface area contributed by atoms with Gasteiger partial charge in [-0.3, -0.25) is 4.79 Å². The predicted molar refractivity (Wildman–Crippen MR) is 111 cm³/mol. The van der Waals surface area contributed by atoms with E-state index in [2.05, 4.69) is 65.4 Å². The van der Waals surface area contributed by atoms with Gasteiger partial charge in [0.2, 0.25) is 5.91 Å². The van der Waals surface area contributed by atoms with E-state index in [0.717, 1.165) is 6.54 Å². The standard InChI is InChI=1S/C24H28N2O/c25-24(27)15-21(19-11-5-2-6-12-19)22-17-26(16-18-9-3-1-4-10-18)23-14-8-7-13-20(22)23/h1,3-4,7-10,13-14,17,19,21H,2,5-6,11-12,15-16H2,(H2,25,27)/t21-/m0/s1. The van der Waals surface area contributed by atoms with Crippen LogP contribution in [0.15, 0.2) is 60.8 Å². The molecule has 0 spiro atoms. The van der Waals surface area contributed by atoms with Gasteiger partial charge >= 0.3 is 0 Å². The maximum Gasteiger partial charge on any atom is 0.218 e. The number of hydrogen-bond donors (Lipinski definition) is 1. The number of fused-ring (bicyclic) bond motifs is 1. The number of rotatable bonds is 6. The summed E-state index contributed by atoms with van der Waals surface area (Å²) in [4.78, 5) is 11.9. The number of para-hydroxylation sites is 1. The van der Waals surface area contributed by atoms with Gasteiger partial charge in [-0.15, -0.1) is 0 Å². The summed E-state index contributed by atoms with van der Waals surface area (Å²) in [6.07, 6.45) is 8.98. The highest BCUT2D eigenvalue weighted by molar-refractivity contribution is 5.86. The number of amides is 1. The third-order valence-electron chi connectivity index (χ3n) is 6.05. The molecule has 3 aromatic rings. The molecule has 0 bridgehead atoms. The first-order valence-electron chi connectivity index (χ1n) is 10.1. The van der Waals surface area contributed by atoms with E-state index >= 15 is 0 Å². The summed E-state index contributed by atoms with van der Waals surface area (Å²) in [7, 11) is 0. The van der Waals surface area contributed by atoms with Crippen LogP contribution in [0, 0.1) is 5.92 Å². The zero-order chi connectivity index (χ0) is 18.6. The zero-order valence-electron chi connectivity index (χ0n) is 15.8. The number of hydrogen-bond acceptors (Lipinski definition) is 1. The van der Waals surface area contributed by atoms with E-state index in [1.807, 2.05) is 0 Å². The van der Waals surface area contributed by atoms with Gasteiger partial charge in [0, 0.05) is 30.1 Å². The fourth-order valence-electron chi connectivity index (χ4n) is 4.77. The quantitative estimate of drug-likeness (QED) is 0.643. The average molecular weight is 361 g/mol. The Morgan fingerprint density at radius 2 is 1.70 bits per heavy atom. The summed E-state index contributed by atoms with van der Waals surface area (Å²) in [5.74, 6) is 0.595. The molecule has 1 atom stereocenters. The summed E-state index contributed by atoms with van der Waals surface area (Å²) in [5.41, 5.74) is 9.49. The lowest BCUT2D eigenvalue weighted by Crippen LogP contribution is -2.22. The van der Waals surface area contributed by atoms with Crippen LogP contribution in [0.4, 0.5) is 0 Å². The molecule has 140 valence electrons. The van der Waals surface area contributed by atoms with Gasteiger partial charge in [-0.1, -0.05) is 67.8 Å². The molecule has 3 nitrogen and oxygen atoms in total. The summed E-state index contributed by atoms with van der Waals surface area (Å²) < 4.78 is 2.33. The van der Waals surface area contributed by atoms with Crippen molar-refractivity contribution in [3.8, 4) is 0 Å². The van der Waals surface area contributed by atoms with E-state index in [9.17, 15) is 4.79 Å². The minimum absolute atomic E-state index is 0.189. The monoisotopic (exact) mass is 360 g/mol. The topological polar surface area (TPSA) is 48.0 Å². The second-order valence-electron chi connectivity index (χ2n) is 7.89. The molecule has 1 aliphatic carbocycles. The molecule has 1 saturated carbocycles. The molecule has 0 saturated heterocycles. The normalized spacial score (nSPS) is 16.4. The van der Waals surface area contributed by atoms with E-state index in [0.29, 0.717) is 12.3 Å². The number of nitrogens with two attached hydrogens (primary N) is 1. The number of primary amides is 1. The summed E-state index contributed by atoms with van der Waals surface area (Å²) in [5, 5.41) is 1.27. The number of nitrogens with zero attached hydrogens (tertiary/aromatic N) is 1. The fourth-order valence-corrected chi connectivity index (χ4v) is 4.77. The molecule has 3 heteroatoms. The highest BCUT2D eigenvalue weighted by Crippen LogP contribution is 2.41. The highest BCUT2D eigenvalue weighted by atomic mass is 16.1. The molecule has 1 heterocycles. The molecule has 0 unspecified atom stereocenters. The lowest BCUT2D eigenvalue weighted by molar-refractivity contribution is -0.118.